The zero-order chi connectivity index (χ0) is 23.2. The molecule has 1 N–H and O–H groups in total. The molecule has 3 amide bonds. The largest absolute Gasteiger partial charge is 0.494 e. The summed E-state index contributed by atoms with van der Waals surface area (Å²) in [6.45, 7) is 3.70. The predicted octanol–water partition coefficient (Wildman–Crippen LogP) is 3.71. The highest BCUT2D eigenvalue weighted by molar-refractivity contribution is 6.40. The zero-order valence-corrected chi connectivity index (χ0v) is 18.4. The minimum Gasteiger partial charge on any atom is -0.494 e. The maximum atomic E-state index is 12.6. The van der Waals surface area contributed by atoms with Crippen LogP contribution in [-0.2, 0) is 16.1 Å². The second kappa shape index (κ2) is 9.99. The van der Waals surface area contributed by atoms with Crippen LogP contribution in [0, 0.1) is 0 Å². The molecule has 7 heteroatoms. The SMILES string of the molecule is CCOc1ccc(NC(=O)c2ccc(CN3CCN(c4ccccc4)C(=O)C3=O)cc2)cc1. The number of rotatable bonds is 7. The first-order valence-corrected chi connectivity index (χ1v) is 10.8. The molecule has 1 fully saturated rings. The standard InChI is InChI=1S/C26H25N3O4/c1-2-33-23-14-12-21(13-15-23)27-24(30)20-10-8-19(9-11-20)18-28-16-17-29(26(32)25(28)31)22-6-4-3-5-7-22/h3-15H,2,16-18H2,1H3,(H,27,30). The number of amides is 3. The fraction of sp³-hybridized carbons (Fsp3) is 0.192. The quantitative estimate of drug-likeness (QED) is 0.565. The van der Waals surface area contributed by atoms with Gasteiger partial charge in [0.05, 0.1) is 6.61 Å². The fourth-order valence-corrected chi connectivity index (χ4v) is 3.67. The van der Waals surface area contributed by atoms with Gasteiger partial charge in [0.2, 0.25) is 0 Å². The summed E-state index contributed by atoms with van der Waals surface area (Å²) < 4.78 is 5.40. The first-order valence-electron chi connectivity index (χ1n) is 10.8. The molecule has 7 nitrogen and oxygen atoms in total. The van der Waals surface area contributed by atoms with Crippen molar-refractivity contribution < 1.29 is 19.1 Å². The van der Waals surface area contributed by atoms with Crippen LogP contribution in [0.25, 0.3) is 0 Å². The third-order valence-corrected chi connectivity index (χ3v) is 5.39. The summed E-state index contributed by atoms with van der Waals surface area (Å²) in [7, 11) is 0. The van der Waals surface area contributed by atoms with Crippen LogP contribution in [0.2, 0.25) is 0 Å². The van der Waals surface area contributed by atoms with Crippen LogP contribution in [0.15, 0.2) is 78.9 Å². The van der Waals surface area contributed by atoms with Crippen molar-refractivity contribution in [2.24, 2.45) is 0 Å². The molecule has 0 atom stereocenters. The lowest BCUT2D eigenvalue weighted by Gasteiger charge is -2.33. The second-order valence-corrected chi connectivity index (χ2v) is 7.63. The number of nitrogens with one attached hydrogen (secondary N) is 1. The summed E-state index contributed by atoms with van der Waals surface area (Å²) in [5.41, 5.74) is 2.75. The molecule has 33 heavy (non-hydrogen) atoms. The normalized spacial score (nSPS) is 13.7. The lowest BCUT2D eigenvalue weighted by molar-refractivity contribution is -0.146. The molecule has 0 radical (unpaired) electrons. The molecule has 1 saturated heterocycles. The number of nitrogens with zero attached hydrogens (tertiary/aromatic N) is 2. The highest BCUT2D eigenvalue weighted by Crippen LogP contribution is 2.20. The van der Waals surface area contributed by atoms with Crippen molar-refractivity contribution in [1.29, 1.82) is 0 Å². The van der Waals surface area contributed by atoms with Crippen LogP contribution >= 0.6 is 0 Å². The van der Waals surface area contributed by atoms with Gasteiger partial charge in [-0.2, -0.15) is 0 Å². The monoisotopic (exact) mass is 443 g/mol. The van der Waals surface area contributed by atoms with E-state index in [4.69, 9.17) is 4.74 Å². The Morgan fingerprint density at radius 2 is 1.58 bits per heavy atom. The van der Waals surface area contributed by atoms with E-state index < -0.39 is 11.8 Å². The van der Waals surface area contributed by atoms with Crippen molar-refractivity contribution in [3.8, 4) is 5.75 Å². The number of benzene rings is 3. The molecule has 3 aromatic rings. The van der Waals surface area contributed by atoms with Gasteiger partial charge in [0.1, 0.15) is 5.75 Å². The van der Waals surface area contributed by atoms with Gasteiger partial charge in [0.15, 0.2) is 0 Å². The minimum absolute atomic E-state index is 0.228. The molecule has 1 aliphatic heterocycles. The molecule has 0 unspecified atom stereocenters. The summed E-state index contributed by atoms with van der Waals surface area (Å²) in [4.78, 5) is 40.8. The number of ether oxygens (including phenoxy) is 1. The van der Waals surface area contributed by atoms with Crippen molar-refractivity contribution in [2.75, 3.05) is 29.9 Å². The van der Waals surface area contributed by atoms with Crippen molar-refractivity contribution in [3.63, 3.8) is 0 Å². The van der Waals surface area contributed by atoms with Gasteiger partial charge in [-0.15, -0.1) is 0 Å². The highest BCUT2D eigenvalue weighted by Gasteiger charge is 2.33. The van der Waals surface area contributed by atoms with E-state index in [0.717, 1.165) is 17.0 Å². The Morgan fingerprint density at radius 1 is 0.879 bits per heavy atom. The van der Waals surface area contributed by atoms with Gasteiger partial charge >= 0.3 is 11.8 Å². The van der Waals surface area contributed by atoms with E-state index in [-0.39, 0.29) is 5.91 Å². The topological polar surface area (TPSA) is 79.0 Å². The average Bonchev–Trinajstić information content (AvgIpc) is 2.84. The number of para-hydroxylation sites is 1. The summed E-state index contributed by atoms with van der Waals surface area (Å²) >= 11 is 0. The summed E-state index contributed by atoms with van der Waals surface area (Å²) in [6, 6.07) is 23.4. The molecule has 0 saturated carbocycles. The molecular weight excluding hydrogens is 418 g/mol. The molecule has 0 aromatic heterocycles. The van der Waals surface area contributed by atoms with E-state index in [1.807, 2.05) is 37.3 Å². The Labute approximate surface area is 192 Å². The Kier molecular flexibility index (Phi) is 6.69. The van der Waals surface area contributed by atoms with Crippen molar-refractivity contribution in [1.82, 2.24) is 4.90 Å². The first kappa shape index (κ1) is 22.1. The Bertz CT molecular complexity index is 1130. The van der Waals surface area contributed by atoms with Crippen molar-refractivity contribution in [2.45, 2.75) is 13.5 Å². The van der Waals surface area contributed by atoms with Gasteiger partial charge in [-0.1, -0.05) is 30.3 Å². The van der Waals surface area contributed by atoms with E-state index >= 15 is 0 Å². The zero-order valence-electron chi connectivity index (χ0n) is 18.4. The Morgan fingerprint density at radius 3 is 2.24 bits per heavy atom. The Hall–Kier alpha value is -4.13. The third kappa shape index (κ3) is 5.20. The smallest absolute Gasteiger partial charge is 0.316 e. The molecule has 0 spiro atoms. The van der Waals surface area contributed by atoms with E-state index in [0.29, 0.717) is 37.5 Å². The number of hydrogen-bond donors (Lipinski definition) is 1. The highest BCUT2D eigenvalue weighted by atomic mass is 16.5. The maximum absolute atomic E-state index is 12.6. The van der Waals surface area contributed by atoms with Gasteiger partial charge in [-0.05, 0) is 61.0 Å². The summed E-state index contributed by atoms with van der Waals surface area (Å²) in [5.74, 6) is -0.535. The Balaban J connectivity index is 1.35. The third-order valence-electron chi connectivity index (χ3n) is 5.39. The lowest BCUT2D eigenvalue weighted by atomic mass is 10.1. The van der Waals surface area contributed by atoms with Gasteiger partial charge < -0.3 is 19.9 Å². The molecule has 0 bridgehead atoms. The maximum Gasteiger partial charge on any atom is 0.316 e. The van der Waals surface area contributed by atoms with Gasteiger partial charge in [-0.25, -0.2) is 0 Å². The van der Waals surface area contributed by atoms with Crippen LogP contribution in [0.1, 0.15) is 22.8 Å². The average molecular weight is 444 g/mol. The van der Waals surface area contributed by atoms with Crippen molar-refractivity contribution in [3.05, 3.63) is 90.0 Å². The van der Waals surface area contributed by atoms with Crippen LogP contribution in [0.5, 0.6) is 5.75 Å². The van der Waals surface area contributed by atoms with Crippen LogP contribution < -0.4 is 15.0 Å². The van der Waals surface area contributed by atoms with Crippen molar-refractivity contribution >= 4 is 29.1 Å². The number of hydrogen-bond acceptors (Lipinski definition) is 4. The summed E-state index contributed by atoms with van der Waals surface area (Å²) in [6.07, 6.45) is 0. The molecule has 0 aliphatic carbocycles. The van der Waals surface area contributed by atoms with Crippen LogP contribution in [0.4, 0.5) is 11.4 Å². The van der Waals surface area contributed by atoms with Gasteiger partial charge in [-0.3, -0.25) is 14.4 Å². The van der Waals surface area contributed by atoms with E-state index in [1.54, 1.807) is 48.5 Å². The summed E-state index contributed by atoms with van der Waals surface area (Å²) in [5, 5.41) is 2.85. The van der Waals surface area contributed by atoms with Gasteiger partial charge in [0, 0.05) is 36.6 Å². The molecule has 3 aromatic carbocycles. The first-order chi connectivity index (χ1) is 16.0. The second-order valence-electron chi connectivity index (χ2n) is 7.63. The molecule has 1 heterocycles. The van der Waals surface area contributed by atoms with E-state index in [9.17, 15) is 14.4 Å². The number of anilines is 2. The van der Waals surface area contributed by atoms with Gasteiger partial charge in [0.25, 0.3) is 5.91 Å². The molecule has 4 rings (SSSR count). The number of piperazine rings is 1. The fourth-order valence-electron chi connectivity index (χ4n) is 3.67. The number of carbonyl (C=O) groups is 3. The van der Waals surface area contributed by atoms with E-state index in [1.165, 1.54) is 9.80 Å². The molecule has 1 aliphatic rings. The van der Waals surface area contributed by atoms with Crippen LogP contribution in [0.3, 0.4) is 0 Å². The molecular formula is C26H25N3O4. The predicted molar refractivity (Wildman–Crippen MR) is 126 cm³/mol. The molecule has 168 valence electrons. The lowest BCUT2D eigenvalue weighted by Crippen LogP contribution is -2.54. The van der Waals surface area contributed by atoms with E-state index in [2.05, 4.69) is 5.32 Å². The minimum atomic E-state index is -0.529. The number of carbonyl (C=O) groups excluding carboxylic acids is 3. The van der Waals surface area contributed by atoms with Crippen LogP contribution in [-0.4, -0.2) is 42.3 Å².